The van der Waals surface area contributed by atoms with Crippen molar-refractivity contribution in [2.24, 2.45) is 0 Å². The number of tetrazole rings is 1. The number of carbonyl (C=O) groups is 2. The third-order valence-corrected chi connectivity index (χ3v) is 6.55. The molecule has 1 N–H and O–H groups in total. The van der Waals surface area contributed by atoms with E-state index in [0.717, 1.165) is 32.1 Å². The molecule has 0 spiro atoms. The molecule has 1 saturated carbocycles. The lowest BCUT2D eigenvalue weighted by Gasteiger charge is -2.31. The number of nitrogens with one attached hydrogen (secondary N) is 1. The smallest absolute Gasteiger partial charge is 0.251 e. The second kappa shape index (κ2) is 12.3. The highest BCUT2D eigenvalue weighted by Gasteiger charge is 2.32. The van der Waals surface area contributed by atoms with E-state index in [4.69, 9.17) is 9.47 Å². The molecule has 1 aromatic heterocycles. The van der Waals surface area contributed by atoms with Crippen LogP contribution in [0.5, 0.6) is 11.5 Å². The van der Waals surface area contributed by atoms with E-state index in [2.05, 4.69) is 20.7 Å². The summed E-state index contributed by atoms with van der Waals surface area (Å²) in [5.41, 5.74) is 1.34. The minimum Gasteiger partial charge on any atom is -0.493 e. The third-order valence-electron chi connectivity index (χ3n) is 6.55. The van der Waals surface area contributed by atoms with Gasteiger partial charge in [-0.15, -0.1) is 10.2 Å². The fourth-order valence-electron chi connectivity index (χ4n) is 4.70. The fourth-order valence-corrected chi connectivity index (χ4v) is 4.70. The Morgan fingerprint density at radius 3 is 2.49 bits per heavy atom. The van der Waals surface area contributed by atoms with E-state index in [1.165, 1.54) is 4.80 Å². The Bertz CT molecular complexity index is 1190. The van der Waals surface area contributed by atoms with Crippen LogP contribution in [0.15, 0.2) is 48.5 Å². The van der Waals surface area contributed by atoms with Crippen LogP contribution in [0, 0.1) is 0 Å². The highest BCUT2D eigenvalue weighted by Crippen LogP contribution is 2.31. The molecule has 1 atom stereocenters. The van der Waals surface area contributed by atoms with Gasteiger partial charge in [-0.25, -0.2) is 0 Å². The summed E-state index contributed by atoms with van der Waals surface area (Å²) in [5, 5.41) is 15.8. The van der Waals surface area contributed by atoms with Crippen molar-refractivity contribution in [3.05, 3.63) is 48.5 Å². The van der Waals surface area contributed by atoms with Crippen LogP contribution in [0.4, 0.5) is 5.69 Å². The molecule has 10 heteroatoms. The zero-order valence-electron chi connectivity index (χ0n) is 21.6. The number of methoxy groups -OCH3 is 2. The molecule has 0 radical (unpaired) electrons. The van der Waals surface area contributed by atoms with E-state index < -0.39 is 6.04 Å². The van der Waals surface area contributed by atoms with Crippen molar-refractivity contribution in [3.8, 4) is 22.9 Å². The van der Waals surface area contributed by atoms with E-state index in [0.29, 0.717) is 35.0 Å². The number of hydrogen-bond donors (Lipinski definition) is 1. The molecule has 196 valence electrons. The number of amides is 2. The van der Waals surface area contributed by atoms with Gasteiger partial charge in [0.05, 0.1) is 14.2 Å². The number of ether oxygens (including phenoxy) is 2. The molecule has 0 bridgehead atoms. The summed E-state index contributed by atoms with van der Waals surface area (Å²) in [5.74, 6) is 1.07. The predicted molar refractivity (Wildman–Crippen MR) is 139 cm³/mol. The number of nitrogens with zero attached hydrogens (tertiary/aromatic N) is 5. The van der Waals surface area contributed by atoms with Crippen molar-refractivity contribution >= 4 is 17.5 Å². The van der Waals surface area contributed by atoms with Crippen LogP contribution in [0.2, 0.25) is 0 Å². The van der Waals surface area contributed by atoms with Gasteiger partial charge in [0.1, 0.15) is 12.6 Å². The highest BCUT2D eigenvalue weighted by atomic mass is 16.5. The maximum absolute atomic E-state index is 13.7. The van der Waals surface area contributed by atoms with Gasteiger partial charge in [-0.3, -0.25) is 14.5 Å². The number of hydrogen-bond acceptors (Lipinski definition) is 7. The van der Waals surface area contributed by atoms with Crippen LogP contribution in [-0.2, 0) is 16.1 Å². The largest absolute Gasteiger partial charge is 0.493 e. The summed E-state index contributed by atoms with van der Waals surface area (Å²) < 4.78 is 10.6. The maximum atomic E-state index is 13.7. The zero-order valence-corrected chi connectivity index (χ0v) is 21.6. The lowest BCUT2D eigenvalue weighted by Crippen LogP contribution is -2.52. The summed E-state index contributed by atoms with van der Waals surface area (Å²) in [6, 6.07) is 14.1. The average Bonchev–Trinajstić information content (AvgIpc) is 3.61. The SMILES string of the molecule is CCC[C@H](C(=O)NC1CCCC1)N(C(=O)Cn1nnc(-c2ccc(OC)c(OC)c2)n1)c1ccccc1. The average molecular weight is 507 g/mol. The van der Waals surface area contributed by atoms with Gasteiger partial charge in [-0.1, -0.05) is 44.4 Å². The number of aromatic nitrogens is 4. The minimum absolute atomic E-state index is 0.122. The van der Waals surface area contributed by atoms with Crippen LogP contribution in [0.1, 0.15) is 45.4 Å². The number of benzene rings is 2. The van der Waals surface area contributed by atoms with Gasteiger partial charge < -0.3 is 14.8 Å². The van der Waals surface area contributed by atoms with Crippen LogP contribution in [0.3, 0.4) is 0 Å². The second-order valence-electron chi connectivity index (χ2n) is 9.11. The van der Waals surface area contributed by atoms with Gasteiger partial charge in [0.2, 0.25) is 11.7 Å². The predicted octanol–water partition coefficient (Wildman–Crippen LogP) is 3.62. The Morgan fingerprint density at radius 2 is 1.81 bits per heavy atom. The van der Waals surface area contributed by atoms with Crippen molar-refractivity contribution in [1.29, 1.82) is 0 Å². The van der Waals surface area contributed by atoms with Crippen molar-refractivity contribution in [2.75, 3.05) is 19.1 Å². The topological polar surface area (TPSA) is 111 Å². The van der Waals surface area contributed by atoms with Crippen molar-refractivity contribution in [3.63, 3.8) is 0 Å². The number of carbonyl (C=O) groups excluding carboxylic acids is 2. The van der Waals surface area contributed by atoms with Crippen molar-refractivity contribution in [2.45, 2.75) is 64.1 Å². The number of rotatable bonds is 11. The van der Waals surface area contributed by atoms with E-state index in [-0.39, 0.29) is 24.4 Å². The first kappa shape index (κ1) is 26.1. The molecule has 1 aliphatic carbocycles. The molecule has 10 nitrogen and oxygen atoms in total. The Labute approximate surface area is 216 Å². The summed E-state index contributed by atoms with van der Waals surface area (Å²) in [7, 11) is 3.12. The third kappa shape index (κ3) is 6.25. The molecule has 0 saturated heterocycles. The zero-order chi connectivity index (χ0) is 26.2. The van der Waals surface area contributed by atoms with E-state index in [1.54, 1.807) is 37.3 Å². The quantitative estimate of drug-likeness (QED) is 0.423. The lowest BCUT2D eigenvalue weighted by molar-refractivity contribution is -0.127. The van der Waals surface area contributed by atoms with E-state index >= 15 is 0 Å². The first-order valence-corrected chi connectivity index (χ1v) is 12.7. The normalized spacial score (nSPS) is 14.2. The Kier molecular flexibility index (Phi) is 8.71. The Hall–Kier alpha value is -3.95. The molecule has 2 aromatic carbocycles. The second-order valence-corrected chi connectivity index (χ2v) is 9.11. The van der Waals surface area contributed by atoms with Crippen molar-refractivity contribution in [1.82, 2.24) is 25.5 Å². The van der Waals surface area contributed by atoms with Crippen LogP contribution in [-0.4, -0.2) is 58.3 Å². The molecule has 1 heterocycles. The first-order chi connectivity index (χ1) is 18.0. The molecular formula is C27H34N6O4. The molecule has 0 unspecified atom stereocenters. The summed E-state index contributed by atoms with van der Waals surface area (Å²) in [6.45, 7) is 1.85. The van der Waals surface area contributed by atoms with E-state index in [9.17, 15) is 9.59 Å². The number of para-hydroxylation sites is 1. The summed E-state index contributed by atoms with van der Waals surface area (Å²) in [4.78, 5) is 29.9. The molecule has 0 aliphatic heterocycles. The van der Waals surface area contributed by atoms with Gasteiger partial charge in [0.15, 0.2) is 11.5 Å². The fraction of sp³-hybridized carbons (Fsp3) is 0.444. The standard InChI is InChI=1S/C27H34N6O4/c1-4-10-22(27(35)28-20-11-8-9-12-20)33(21-13-6-5-7-14-21)25(34)18-32-30-26(29-31-32)19-15-16-23(36-2)24(17-19)37-3/h5-7,13-17,20,22H,4,8-12,18H2,1-3H3,(H,28,35)/t22-/m1/s1. The first-order valence-electron chi connectivity index (χ1n) is 12.7. The van der Waals surface area contributed by atoms with Gasteiger partial charge in [0, 0.05) is 17.3 Å². The molecule has 37 heavy (non-hydrogen) atoms. The van der Waals surface area contributed by atoms with Crippen LogP contribution in [0.25, 0.3) is 11.4 Å². The van der Waals surface area contributed by atoms with Gasteiger partial charge in [-0.2, -0.15) is 4.80 Å². The lowest BCUT2D eigenvalue weighted by atomic mass is 10.1. The molecule has 2 amide bonds. The van der Waals surface area contributed by atoms with Crippen LogP contribution >= 0.6 is 0 Å². The van der Waals surface area contributed by atoms with Crippen LogP contribution < -0.4 is 19.7 Å². The molecule has 1 fully saturated rings. The van der Waals surface area contributed by atoms with Gasteiger partial charge >= 0.3 is 0 Å². The maximum Gasteiger partial charge on any atom is 0.251 e. The monoisotopic (exact) mass is 506 g/mol. The van der Waals surface area contributed by atoms with E-state index in [1.807, 2.05) is 37.3 Å². The summed E-state index contributed by atoms with van der Waals surface area (Å²) >= 11 is 0. The Balaban J connectivity index is 1.57. The minimum atomic E-state index is -0.630. The van der Waals surface area contributed by atoms with Gasteiger partial charge in [-0.05, 0) is 54.8 Å². The molecule has 3 aromatic rings. The summed E-state index contributed by atoms with van der Waals surface area (Å²) in [6.07, 6.45) is 5.48. The molecule has 4 rings (SSSR count). The molecule has 1 aliphatic rings. The van der Waals surface area contributed by atoms with Gasteiger partial charge in [0.25, 0.3) is 5.91 Å². The van der Waals surface area contributed by atoms with Crippen molar-refractivity contribution < 1.29 is 19.1 Å². The molecular weight excluding hydrogens is 472 g/mol. The number of anilines is 1. The Morgan fingerprint density at radius 1 is 1.08 bits per heavy atom. The highest BCUT2D eigenvalue weighted by molar-refractivity contribution is 6.00.